The molecule has 1 aliphatic carbocycles. The van der Waals surface area contributed by atoms with Crippen molar-refractivity contribution in [3.8, 4) is 11.5 Å². The van der Waals surface area contributed by atoms with E-state index in [1.54, 1.807) is 38.5 Å². The minimum atomic E-state index is -3.82. The van der Waals surface area contributed by atoms with Crippen molar-refractivity contribution in [2.24, 2.45) is 0 Å². The number of hydrogen-bond donors (Lipinski definition) is 0. The minimum Gasteiger partial charge on any atom is -0.493 e. The van der Waals surface area contributed by atoms with Crippen LogP contribution in [0, 0.1) is 6.92 Å². The molecular formula is C21H26O5S. The van der Waals surface area contributed by atoms with Gasteiger partial charge in [-0.15, -0.1) is 0 Å². The van der Waals surface area contributed by atoms with Gasteiger partial charge in [-0.05, 0) is 38.0 Å². The molecule has 6 heteroatoms. The molecule has 2 aromatic rings. The fourth-order valence-corrected chi connectivity index (χ4v) is 4.83. The van der Waals surface area contributed by atoms with E-state index >= 15 is 0 Å². The molecule has 27 heavy (non-hydrogen) atoms. The highest BCUT2D eigenvalue weighted by molar-refractivity contribution is 7.86. The first kappa shape index (κ1) is 19.7. The topological polar surface area (TPSA) is 61.8 Å². The van der Waals surface area contributed by atoms with Crippen LogP contribution >= 0.6 is 0 Å². The maximum atomic E-state index is 12.8. The fraction of sp³-hybridized carbons (Fsp3) is 0.429. The number of ether oxygens (including phenoxy) is 2. The monoisotopic (exact) mass is 390 g/mol. The number of benzene rings is 2. The molecule has 1 saturated carbocycles. The number of methoxy groups -OCH3 is 2. The summed E-state index contributed by atoms with van der Waals surface area (Å²) in [6.45, 7) is 1.92. The normalized spacial score (nSPS) is 20.3. The van der Waals surface area contributed by atoms with Gasteiger partial charge in [0.05, 0.1) is 25.2 Å². The average molecular weight is 391 g/mol. The Kier molecular flexibility index (Phi) is 6.07. The van der Waals surface area contributed by atoms with Gasteiger partial charge >= 0.3 is 0 Å². The van der Waals surface area contributed by atoms with Crippen LogP contribution in [0.1, 0.15) is 42.7 Å². The number of para-hydroxylation sites is 1. The van der Waals surface area contributed by atoms with E-state index in [0.717, 1.165) is 30.4 Å². The second-order valence-electron chi connectivity index (χ2n) is 6.88. The Balaban J connectivity index is 1.91. The zero-order valence-electron chi connectivity index (χ0n) is 16.0. The second kappa shape index (κ2) is 8.31. The summed E-state index contributed by atoms with van der Waals surface area (Å²) in [6.07, 6.45) is 3.08. The van der Waals surface area contributed by atoms with E-state index in [-0.39, 0.29) is 10.8 Å². The van der Waals surface area contributed by atoms with Crippen LogP contribution in [0.25, 0.3) is 0 Å². The summed E-state index contributed by atoms with van der Waals surface area (Å²) in [6, 6.07) is 12.4. The van der Waals surface area contributed by atoms with Gasteiger partial charge < -0.3 is 9.47 Å². The van der Waals surface area contributed by atoms with E-state index in [4.69, 9.17) is 13.7 Å². The number of hydrogen-bond acceptors (Lipinski definition) is 5. The lowest BCUT2D eigenvalue weighted by atomic mass is 9.81. The van der Waals surface area contributed by atoms with Crippen molar-refractivity contribution < 1.29 is 22.1 Å². The third-order valence-corrected chi connectivity index (χ3v) is 6.45. The predicted molar refractivity (Wildman–Crippen MR) is 104 cm³/mol. The highest BCUT2D eigenvalue weighted by Gasteiger charge is 2.34. The Morgan fingerprint density at radius 1 is 0.926 bits per heavy atom. The Morgan fingerprint density at radius 2 is 1.63 bits per heavy atom. The van der Waals surface area contributed by atoms with Crippen molar-refractivity contribution in [1.29, 1.82) is 0 Å². The van der Waals surface area contributed by atoms with E-state index in [9.17, 15) is 8.42 Å². The first-order valence-corrected chi connectivity index (χ1v) is 10.6. The first-order valence-electron chi connectivity index (χ1n) is 9.17. The summed E-state index contributed by atoms with van der Waals surface area (Å²) < 4.78 is 42.3. The lowest BCUT2D eigenvalue weighted by Crippen LogP contribution is -2.29. The average Bonchev–Trinajstić information content (AvgIpc) is 2.67. The van der Waals surface area contributed by atoms with Crippen LogP contribution in [0.4, 0.5) is 0 Å². The third-order valence-electron chi connectivity index (χ3n) is 5.10. The van der Waals surface area contributed by atoms with E-state index < -0.39 is 16.2 Å². The van der Waals surface area contributed by atoms with Gasteiger partial charge in [-0.3, -0.25) is 4.18 Å². The summed E-state index contributed by atoms with van der Waals surface area (Å²) in [5, 5.41) is 0. The van der Waals surface area contributed by atoms with Crippen LogP contribution in [-0.2, 0) is 14.3 Å². The van der Waals surface area contributed by atoms with E-state index in [1.807, 2.05) is 25.1 Å². The van der Waals surface area contributed by atoms with Crippen LogP contribution in [0.2, 0.25) is 0 Å². The Bertz CT molecular complexity index is 874. The maximum absolute atomic E-state index is 12.8. The summed E-state index contributed by atoms with van der Waals surface area (Å²) in [7, 11) is -0.629. The van der Waals surface area contributed by atoms with Crippen LogP contribution < -0.4 is 9.47 Å². The zero-order valence-corrected chi connectivity index (χ0v) is 16.8. The third kappa shape index (κ3) is 4.28. The number of rotatable bonds is 6. The van der Waals surface area contributed by atoms with E-state index in [0.29, 0.717) is 17.9 Å². The molecule has 2 aromatic carbocycles. The van der Waals surface area contributed by atoms with Crippen LogP contribution in [0.5, 0.6) is 11.5 Å². The van der Waals surface area contributed by atoms with Crippen molar-refractivity contribution >= 4 is 10.1 Å². The molecule has 0 bridgehead atoms. The van der Waals surface area contributed by atoms with Crippen molar-refractivity contribution in [2.75, 3.05) is 14.2 Å². The molecule has 0 aromatic heterocycles. The predicted octanol–water partition coefficient (Wildman–Crippen LogP) is 4.44. The zero-order chi connectivity index (χ0) is 19.4. The van der Waals surface area contributed by atoms with Crippen molar-refractivity contribution in [1.82, 2.24) is 0 Å². The molecule has 0 heterocycles. The van der Waals surface area contributed by atoms with Gasteiger partial charge in [0.2, 0.25) is 0 Å². The van der Waals surface area contributed by atoms with E-state index in [1.165, 1.54) is 0 Å². The second-order valence-corrected chi connectivity index (χ2v) is 8.45. The van der Waals surface area contributed by atoms with Crippen LogP contribution in [0.15, 0.2) is 47.4 Å². The Hall–Kier alpha value is -2.05. The van der Waals surface area contributed by atoms with Crippen molar-refractivity contribution in [2.45, 2.75) is 49.5 Å². The largest absolute Gasteiger partial charge is 0.493 e. The lowest BCUT2D eigenvalue weighted by Gasteiger charge is -2.32. The van der Waals surface area contributed by atoms with Gasteiger partial charge in [0.25, 0.3) is 10.1 Å². The number of aryl methyl sites for hydroxylation is 1. The molecule has 3 rings (SSSR count). The van der Waals surface area contributed by atoms with Crippen molar-refractivity contribution in [3.05, 3.63) is 53.6 Å². The van der Waals surface area contributed by atoms with Crippen molar-refractivity contribution in [3.63, 3.8) is 0 Å². The van der Waals surface area contributed by atoms with Gasteiger partial charge in [0.1, 0.15) is 0 Å². The first-order chi connectivity index (χ1) is 13.0. The molecule has 1 fully saturated rings. The molecule has 5 nitrogen and oxygen atoms in total. The van der Waals surface area contributed by atoms with Gasteiger partial charge in [-0.25, -0.2) is 0 Å². The molecule has 0 N–H and O–H groups in total. The maximum Gasteiger partial charge on any atom is 0.297 e. The molecule has 0 unspecified atom stereocenters. The molecular weight excluding hydrogens is 364 g/mol. The van der Waals surface area contributed by atoms with Crippen LogP contribution in [0.3, 0.4) is 0 Å². The highest BCUT2D eigenvalue weighted by Crippen LogP contribution is 2.43. The van der Waals surface area contributed by atoms with Gasteiger partial charge in [0, 0.05) is 11.5 Å². The molecule has 0 saturated heterocycles. The Morgan fingerprint density at radius 3 is 2.30 bits per heavy atom. The lowest BCUT2D eigenvalue weighted by molar-refractivity contribution is 0.135. The fourth-order valence-electron chi connectivity index (χ4n) is 3.69. The summed E-state index contributed by atoms with van der Waals surface area (Å²) in [5.41, 5.74) is 1.94. The molecule has 146 valence electrons. The minimum absolute atomic E-state index is 0.0657. The summed E-state index contributed by atoms with van der Waals surface area (Å²) in [4.78, 5) is 0.190. The highest BCUT2D eigenvalue weighted by atomic mass is 32.2. The molecule has 1 aliphatic rings. The molecule has 0 aliphatic heterocycles. The standard InChI is InChI=1S/C21H26O5S/c1-15-11-13-16(14-12-15)27(22,23)26-19-9-5-4-7-17(19)18-8-6-10-20(24-2)21(18)25-3/h6,8,10-14,17,19H,4-5,7,9H2,1-3H3/t17-,19+/m1/s1. The molecule has 2 atom stereocenters. The van der Waals surface area contributed by atoms with Gasteiger partial charge in [-0.1, -0.05) is 42.7 Å². The van der Waals surface area contributed by atoms with E-state index in [2.05, 4.69) is 0 Å². The van der Waals surface area contributed by atoms with Crippen LogP contribution in [-0.4, -0.2) is 28.7 Å². The molecule has 0 amide bonds. The SMILES string of the molecule is COc1cccc([C@H]2CCCC[C@@H]2OS(=O)(=O)c2ccc(C)cc2)c1OC. The van der Waals surface area contributed by atoms with Gasteiger partial charge in [-0.2, -0.15) is 8.42 Å². The van der Waals surface area contributed by atoms with Gasteiger partial charge in [0.15, 0.2) is 11.5 Å². The molecule has 0 spiro atoms. The Labute approximate surface area is 161 Å². The smallest absolute Gasteiger partial charge is 0.297 e. The summed E-state index contributed by atoms with van der Waals surface area (Å²) >= 11 is 0. The summed E-state index contributed by atoms with van der Waals surface area (Å²) in [5.74, 6) is 1.22. The quantitative estimate of drug-likeness (QED) is 0.682. The molecule has 0 radical (unpaired) electrons.